The minimum Gasteiger partial charge on any atom is -0.355 e. The summed E-state index contributed by atoms with van der Waals surface area (Å²) in [4.78, 5) is 6.35. The molecular weight excluding hydrogens is 238 g/mol. The van der Waals surface area contributed by atoms with Crippen molar-refractivity contribution < 1.29 is 0 Å². The molecule has 19 heavy (non-hydrogen) atoms. The quantitative estimate of drug-likeness (QED) is 0.878. The maximum Gasteiger partial charge on any atom is 0.130 e. The van der Waals surface area contributed by atoms with Crippen molar-refractivity contribution in [1.29, 1.82) is 0 Å². The van der Waals surface area contributed by atoms with Crippen LogP contribution in [0.25, 0.3) is 0 Å². The van der Waals surface area contributed by atoms with Crippen molar-refractivity contribution in [3.8, 4) is 0 Å². The van der Waals surface area contributed by atoms with E-state index in [1.54, 1.807) is 6.20 Å². The summed E-state index contributed by atoms with van der Waals surface area (Å²) in [6.07, 6.45) is 4.53. The van der Waals surface area contributed by atoms with Crippen LogP contribution in [0.15, 0.2) is 24.5 Å². The van der Waals surface area contributed by atoms with Gasteiger partial charge in [0.15, 0.2) is 0 Å². The minimum absolute atomic E-state index is 0.639. The zero-order valence-electron chi connectivity index (χ0n) is 11.8. The topological polar surface area (TPSA) is 60.0 Å². The average molecular weight is 259 g/mol. The third-order valence-corrected chi connectivity index (χ3v) is 3.21. The summed E-state index contributed by atoms with van der Waals surface area (Å²) in [5.41, 5.74) is 9.17. The zero-order chi connectivity index (χ0) is 13.8. The van der Waals surface area contributed by atoms with Crippen LogP contribution in [-0.4, -0.2) is 28.4 Å². The first kappa shape index (κ1) is 13.5. The molecule has 0 saturated heterocycles. The molecule has 2 aromatic heterocycles. The van der Waals surface area contributed by atoms with Crippen LogP contribution in [0.5, 0.6) is 0 Å². The Morgan fingerprint density at radius 1 is 1.42 bits per heavy atom. The molecule has 2 aromatic rings. The predicted octanol–water partition coefficient (Wildman–Crippen LogP) is 1.26. The first-order valence-corrected chi connectivity index (χ1v) is 6.46. The normalized spacial score (nSPS) is 10.7. The van der Waals surface area contributed by atoms with Crippen LogP contribution in [0.3, 0.4) is 0 Å². The molecule has 2 heterocycles. The van der Waals surface area contributed by atoms with Gasteiger partial charge in [0.2, 0.25) is 0 Å². The van der Waals surface area contributed by atoms with Crippen molar-refractivity contribution in [2.75, 3.05) is 18.5 Å². The van der Waals surface area contributed by atoms with E-state index in [2.05, 4.69) is 28.1 Å². The Labute approximate surface area is 114 Å². The van der Waals surface area contributed by atoms with Crippen molar-refractivity contribution in [2.24, 2.45) is 12.8 Å². The van der Waals surface area contributed by atoms with E-state index in [0.29, 0.717) is 6.54 Å². The molecule has 0 aromatic carbocycles. The average Bonchev–Trinajstić information content (AvgIpc) is 2.66. The van der Waals surface area contributed by atoms with Gasteiger partial charge in [-0.1, -0.05) is 6.07 Å². The number of rotatable bonds is 5. The molecule has 0 amide bonds. The molecule has 0 unspecified atom stereocenters. The highest BCUT2D eigenvalue weighted by Crippen LogP contribution is 2.23. The highest BCUT2D eigenvalue weighted by atomic mass is 15.4. The van der Waals surface area contributed by atoms with E-state index in [0.717, 1.165) is 24.5 Å². The number of anilines is 1. The Morgan fingerprint density at radius 2 is 2.21 bits per heavy atom. The Hall–Kier alpha value is -1.88. The lowest BCUT2D eigenvalue weighted by Crippen LogP contribution is -2.21. The highest BCUT2D eigenvalue weighted by molar-refractivity contribution is 5.50. The van der Waals surface area contributed by atoms with Gasteiger partial charge in [-0.25, -0.2) is 0 Å². The van der Waals surface area contributed by atoms with Crippen molar-refractivity contribution in [3.05, 3.63) is 41.3 Å². The summed E-state index contributed by atoms with van der Waals surface area (Å²) in [6.45, 7) is 3.48. The predicted molar refractivity (Wildman–Crippen MR) is 77.0 cm³/mol. The molecule has 0 atom stereocenters. The number of nitrogens with two attached hydrogens (primary N) is 1. The molecule has 0 aliphatic heterocycles. The van der Waals surface area contributed by atoms with E-state index >= 15 is 0 Å². The number of hydrogen-bond acceptors (Lipinski definition) is 4. The maximum absolute atomic E-state index is 5.69. The number of pyridine rings is 1. The highest BCUT2D eigenvalue weighted by Gasteiger charge is 2.16. The summed E-state index contributed by atoms with van der Waals surface area (Å²) in [5.74, 6) is 1.13. The molecule has 0 aliphatic carbocycles. The van der Waals surface area contributed by atoms with Gasteiger partial charge in [0, 0.05) is 38.6 Å². The van der Waals surface area contributed by atoms with Crippen LogP contribution in [0.2, 0.25) is 0 Å². The lowest BCUT2D eigenvalue weighted by molar-refractivity contribution is 0.725. The van der Waals surface area contributed by atoms with Crippen LogP contribution in [-0.2, 0) is 20.0 Å². The van der Waals surface area contributed by atoms with Gasteiger partial charge < -0.3 is 10.6 Å². The van der Waals surface area contributed by atoms with Gasteiger partial charge >= 0.3 is 0 Å². The Bertz CT molecular complexity index is 532. The van der Waals surface area contributed by atoms with E-state index in [9.17, 15) is 0 Å². The Kier molecular flexibility index (Phi) is 4.16. The van der Waals surface area contributed by atoms with Gasteiger partial charge in [0.25, 0.3) is 0 Å². The number of aromatic nitrogens is 3. The Balaban J connectivity index is 2.25. The first-order valence-electron chi connectivity index (χ1n) is 6.46. The second kappa shape index (κ2) is 5.84. The fourth-order valence-corrected chi connectivity index (χ4v) is 2.44. The molecule has 0 aliphatic rings. The third-order valence-electron chi connectivity index (χ3n) is 3.21. The van der Waals surface area contributed by atoms with Crippen LogP contribution < -0.4 is 10.6 Å². The molecule has 0 spiro atoms. The molecule has 5 heteroatoms. The number of hydrogen-bond donors (Lipinski definition) is 1. The fourth-order valence-electron chi connectivity index (χ4n) is 2.44. The third kappa shape index (κ3) is 2.93. The number of aryl methyl sites for hydroxylation is 2. The second-order valence-electron chi connectivity index (χ2n) is 4.77. The smallest absolute Gasteiger partial charge is 0.130 e. The lowest BCUT2D eigenvalue weighted by atomic mass is 10.1. The molecule has 0 bridgehead atoms. The minimum atomic E-state index is 0.639. The fraction of sp³-hybridized carbons (Fsp3) is 0.429. The van der Waals surface area contributed by atoms with E-state index < -0.39 is 0 Å². The summed E-state index contributed by atoms with van der Waals surface area (Å²) in [6, 6.07) is 4.04. The van der Waals surface area contributed by atoms with E-state index in [1.807, 2.05) is 30.9 Å². The van der Waals surface area contributed by atoms with Crippen molar-refractivity contribution in [1.82, 2.24) is 14.8 Å². The van der Waals surface area contributed by atoms with E-state index in [1.165, 1.54) is 11.1 Å². The summed E-state index contributed by atoms with van der Waals surface area (Å²) < 4.78 is 1.93. The zero-order valence-corrected chi connectivity index (χ0v) is 11.8. The molecule has 102 valence electrons. The summed E-state index contributed by atoms with van der Waals surface area (Å²) >= 11 is 0. The van der Waals surface area contributed by atoms with Crippen LogP contribution in [0.1, 0.15) is 16.8 Å². The van der Waals surface area contributed by atoms with Gasteiger partial charge in [-0.3, -0.25) is 9.67 Å². The second-order valence-corrected chi connectivity index (χ2v) is 4.77. The standard InChI is InChI=1S/C14H21N5/c1-11-13(6-7-15)14(19(3)17-11)18(2)10-12-5-4-8-16-9-12/h4-5,8-9H,6-7,10,15H2,1-3H3. The molecule has 0 saturated carbocycles. The van der Waals surface area contributed by atoms with Crippen molar-refractivity contribution >= 4 is 5.82 Å². The van der Waals surface area contributed by atoms with Crippen LogP contribution in [0.4, 0.5) is 5.82 Å². The largest absolute Gasteiger partial charge is 0.355 e. The van der Waals surface area contributed by atoms with Crippen LogP contribution in [0, 0.1) is 6.92 Å². The van der Waals surface area contributed by atoms with Gasteiger partial charge in [0.1, 0.15) is 5.82 Å². The van der Waals surface area contributed by atoms with Gasteiger partial charge in [-0.05, 0) is 31.5 Å². The van der Waals surface area contributed by atoms with Crippen LogP contribution >= 0.6 is 0 Å². The first-order chi connectivity index (χ1) is 9.13. The van der Waals surface area contributed by atoms with Gasteiger partial charge in [-0.15, -0.1) is 0 Å². The SMILES string of the molecule is Cc1nn(C)c(N(C)Cc2cccnc2)c1CCN. The monoisotopic (exact) mass is 259 g/mol. The Morgan fingerprint density at radius 3 is 2.84 bits per heavy atom. The van der Waals surface area contributed by atoms with E-state index in [-0.39, 0.29) is 0 Å². The maximum atomic E-state index is 5.69. The summed E-state index contributed by atoms with van der Waals surface area (Å²) in [5, 5.41) is 4.50. The van der Waals surface area contributed by atoms with Crippen molar-refractivity contribution in [2.45, 2.75) is 19.9 Å². The van der Waals surface area contributed by atoms with Crippen molar-refractivity contribution in [3.63, 3.8) is 0 Å². The van der Waals surface area contributed by atoms with E-state index in [4.69, 9.17) is 5.73 Å². The molecule has 0 radical (unpaired) electrons. The molecular formula is C14H21N5. The van der Waals surface area contributed by atoms with Gasteiger partial charge in [0.05, 0.1) is 5.69 Å². The number of nitrogens with zero attached hydrogens (tertiary/aromatic N) is 4. The summed E-state index contributed by atoms with van der Waals surface area (Å²) in [7, 11) is 4.05. The van der Waals surface area contributed by atoms with Gasteiger partial charge in [-0.2, -0.15) is 5.10 Å². The molecule has 5 nitrogen and oxygen atoms in total. The molecule has 2 N–H and O–H groups in total. The molecule has 2 rings (SSSR count). The lowest BCUT2D eigenvalue weighted by Gasteiger charge is -2.21. The molecule has 0 fully saturated rings.